The highest BCUT2D eigenvalue weighted by Gasteiger charge is 2.38. The van der Waals surface area contributed by atoms with E-state index in [1.165, 1.54) is 59.4 Å². The molecule has 20 heteroatoms. The lowest BCUT2D eigenvalue weighted by Crippen LogP contribution is -2.32. The fraction of sp³-hybridized carbons (Fsp3) is 0.0938. The lowest BCUT2D eigenvalue weighted by Gasteiger charge is -2.02. The van der Waals surface area contributed by atoms with Crippen LogP contribution in [0.2, 0.25) is 0 Å². The molecule has 0 fully saturated rings. The Hall–Kier alpha value is -11.1. The van der Waals surface area contributed by atoms with E-state index in [9.17, 15) is 0 Å². The van der Waals surface area contributed by atoms with E-state index in [0.717, 1.165) is 87.3 Å². The van der Waals surface area contributed by atoms with Crippen molar-refractivity contribution in [3.8, 4) is 50.4 Å². The molecule has 0 saturated heterocycles. The van der Waals surface area contributed by atoms with E-state index in [2.05, 4.69) is 165 Å². The molecule has 17 aromatic rings. The minimum absolute atomic E-state index is 0.461. The van der Waals surface area contributed by atoms with Gasteiger partial charge >= 0.3 is 5.65 Å². The van der Waals surface area contributed by atoms with Gasteiger partial charge in [0.15, 0.2) is 5.01 Å². The zero-order valence-corrected chi connectivity index (χ0v) is 45.6. The van der Waals surface area contributed by atoms with E-state index in [1.54, 1.807) is 42.3 Å². The number of para-hydroxylation sites is 1. The maximum atomic E-state index is 7.97. The number of aromatic nitrogens is 19. The van der Waals surface area contributed by atoms with E-state index in [0.29, 0.717) is 23.7 Å². The number of imidazole rings is 7. The Balaban J connectivity index is 0.0000000877. The van der Waals surface area contributed by atoms with Gasteiger partial charge in [-0.3, -0.25) is 15.0 Å². The number of hydrogen-bond donors (Lipinski definition) is 0. The zero-order chi connectivity index (χ0) is 57.8. The molecule has 21 rings (SSSR count). The fourth-order valence-corrected chi connectivity index (χ4v) is 14.2. The van der Waals surface area contributed by atoms with Gasteiger partial charge in [-0.05, 0) is 41.4 Å². The van der Waals surface area contributed by atoms with E-state index < -0.39 is 6.98 Å². The predicted octanol–water partition coefficient (Wildman–Crippen LogP) is 8.32. The first kappa shape index (κ1) is 43.6. The number of hydrogen-bond acceptors (Lipinski definition) is 9. The molecular formula is C64H47N19S+4. The van der Waals surface area contributed by atoms with E-state index in [-0.39, 0.29) is 0 Å². The topological polar surface area (TPSA) is 151 Å². The molecule has 84 heavy (non-hydrogen) atoms. The summed E-state index contributed by atoms with van der Waals surface area (Å²) in [6.45, 7) is 1.02. The van der Waals surface area contributed by atoms with Crippen molar-refractivity contribution in [2.24, 2.45) is 14.0 Å². The molecule has 19 nitrogen and oxygen atoms in total. The Morgan fingerprint density at radius 3 is 1.48 bits per heavy atom. The van der Waals surface area contributed by atoms with Gasteiger partial charge in [-0.1, -0.05) is 102 Å². The smallest absolute Gasteiger partial charge is 0.256 e. The Morgan fingerprint density at radius 2 is 0.893 bits per heavy atom. The van der Waals surface area contributed by atoms with Crippen LogP contribution in [-0.4, -0.2) is 71.2 Å². The normalized spacial score (nSPS) is 13.6. The molecule has 4 aliphatic heterocycles. The van der Waals surface area contributed by atoms with Gasteiger partial charge in [0, 0.05) is 40.1 Å². The Kier molecular flexibility index (Phi) is 9.19. The molecule has 0 bridgehead atoms. The molecule has 0 amide bonds. The number of thiazole rings is 1. The number of fused-ring (bicyclic) bond motifs is 28. The van der Waals surface area contributed by atoms with Crippen LogP contribution in [0.5, 0.6) is 0 Å². The van der Waals surface area contributed by atoms with Crippen molar-refractivity contribution in [1.82, 2.24) is 71.2 Å². The quantitative estimate of drug-likeness (QED) is 0.149. The van der Waals surface area contributed by atoms with Gasteiger partial charge in [0.25, 0.3) is 39.5 Å². The molecule has 0 aliphatic carbocycles. The molecule has 0 saturated carbocycles. The Morgan fingerprint density at radius 1 is 0.429 bits per heavy atom. The summed E-state index contributed by atoms with van der Waals surface area (Å²) in [5.41, 5.74) is 21.0. The lowest BCUT2D eigenvalue weighted by atomic mass is 10.1. The van der Waals surface area contributed by atoms with Crippen LogP contribution in [0, 0.1) is 0 Å². The molecule has 16 heterocycles. The van der Waals surface area contributed by atoms with E-state index in [4.69, 9.17) is 19.1 Å². The maximum Gasteiger partial charge on any atom is 0.362 e. The molecule has 0 radical (unpaired) electrons. The molecule has 0 spiro atoms. The zero-order valence-electron chi connectivity index (χ0n) is 47.8. The van der Waals surface area contributed by atoms with Crippen molar-refractivity contribution in [3.05, 3.63) is 224 Å². The van der Waals surface area contributed by atoms with Crippen molar-refractivity contribution in [3.63, 3.8) is 0 Å². The standard InChI is InChI=1S/C20H14N5.2C15H12N5.C14H9N4S/c1-2-7-15(8-3-1)25-18-20(23-11-10-21-12-17(23)22-18)24-13-14-6-4-5-9-16(14)19(24)25;2*1-18-13-15(19-7-6-16-8-12(19)17-13)20-9-10-4-2-3-5-11(10)14(18)20;1-2-4-10-9(3-1)7-17-12-14(19-13(10)17)18-8-15-6-5-11(18)16-12/h1-12H,13H2;2*2-8H,9H2,1H3;1-6,8H,7H2/q4*+1/i;1D3;;. The van der Waals surface area contributed by atoms with Crippen LogP contribution in [0.25, 0.3) is 117 Å². The van der Waals surface area contributed by atoms with Crippen LogP contribution < -0.4 is 18.3 Å². The molecule has 4 aliphatic rings. The summed E-state index contributed by atoms with van der Waals surface area (Å²) in [6, 6.07) is 46.0. The summed E-state index contributed by atoms with van der Waals surface area (Å²) in [5, 5.41) is 1.30. The van der Waals surface area contributed by atoms with Crippen molar-refractivity contribution >= 4 is 78.3 Å². The summed E-state index contributed by atoms with van der Waals surface area (Å²) < 4.78 is 46.9. The number of rotatable bonds is 1. The second-order valence-corrected chi connectivity index (χ2v) is 22.1. The highest BCUT2D eigenvalue weighted by molar-refractivity contribution is 7.20. The summed E-state index contributed by atoms with van der Waals surface area (Å²) in [7, 11) is 2.08. The van der Waals surface area contributed by atoms with Crippen molar-refractivity contribution in [1.29, 1.82) is 0 Å². The monoisotopic (exact) mass is 1120 g/mol. The largest absolute Gasteiger partial charge is 0.362 e. The van der Waals surface area contributed by atoms with Gasteiger partial charge < -0.3 is 0 Å². The summed E-state index contributed by atoms with van der Waals surface area (Å²) in [5.74, 6) is 3.10. The average Bonchev–Trinajstić information content (AvgIpc) is 1.71. The van der Waals surface area contributed by atoms with Crippen molar-refractivity contribution in [2.75, 3.05) is 0 Å². The van der Waals surface area contributed by atoms with Crippen molar-refractivity contribution in [2.45, 2.75) is 26.2 Å². The average molecular weight is 1120 g/mol. The van der Waals surface area contributed by atoms with E-state index >= 15 is 0 Å². The summed E-state index contributed by atoms with van der Waals surface area (Å²) in [4.78, 5) is 36.6. The number of nitrogens with zero attached hydrogens (tertiary/aromatic N) is 19. The molecule has 12 aromatic heterocycles. The van der Waals surface area contributed by atoms with Crippen LogP contribution in [0.3, 0.4) is 0 Å². The SMILES string of the molecule is Cn1c2[n+](c3c1nc1cnccn13)Cc1ccccc1-2.[2H]C([2H])([2H])n1c2[n+](c3c1nc1cnccn13)Cc1ccccc1-2.c1ccc(-n2c3[n+](c4c2nc2cnccn24)Cc2ccccc2-3)cc1.c1ccc2c(c1)C[n+]1c-2sc2c1nc1ccncn12. The van der Waals surface area contributed by atoms with Gasteiger partial charge in [-0.2, -0.15) is 15.0 Å². The van der Waals surface area contributed by atoms with Gasteiger partial charge in [0.1, 0.15) is 18.6 Å². The minimum Gasteiger partial charge on any atom is -0.256 e. The third kappa shape index (κ3) is 6.61. The Labute approximate surface area is 484 Å². The van der Waals surface area contributed by atoms with E-state index in [1.807, 2.05) is 82.7 Å². The number of benzene rings is 5. The number of aryl methyl sites for hydroxylation is 2. The second kappa shape index (κ2) is 17.7. The highest BCUT2D eigenvalue weighted by atomic mass is 32.1. The summed E-state index contributed by atoms with van der Waals surface area (Å²) >= 11 is 1.79. The highest BCUT2D eigenvalue weighted by Crippen LogP contribution is 2.37. The third-order valence-corrected chi connectivity index (χ3v) is 17.8. The first-order valence-electron chi connectivity index (χ1n) is 29.0. The van der Waals surface area contributed by atoms with Gasteiger partial charge in [-0.25, -0.2) is 54.6 Å². The van der Waals surface area contributed by atoms with Crippen LogP contribution in [0.15, 0.2) is 202 Å². The fourth-order valence-electron chi connectivity index (χ4n) is 13.0. The van der Waals surface area contributed by atoms with Crippen LogP contribution in [0.4, 0.5) is 0 Å². The van der Waals surface area contributed by atoms with Crippen LogP contribution >= 0.6 is 11.3 Å². The first-order chi connectivity index (χ1) is 42.7. The maximum absolute atomic E-state index is 7.97. The second-order valence-electron chi connectivity index (χ2n) is 21.2. The van der Waals surface area contributed by atoms with Gasteiger partial charge in [-0.15, -0.1) is 0 Å². The molecule has 0 atom stereocenters. The predicted molar refractivity (Wildman–Crippen MR) is 316 cm³/mol. The molecule has 0 unspecified atom stereocenters. The molecule has 400 valence electrons. The van der Waals surface area contributed by atoms with Crippen molar-refractivity contribution < 1.29 is 22.4 Å². The lowest BCUT2D eigenvalue weighted by molar-refractivity contribution is -0.648. The Bertz CT molecular complexity index is 5700. The minimum atomic E-state index is -2.30. The van der Waals surface area contributed by atoms with Crippen LogP contribution in [-0.2, 0) is 40.2 Å². The third-order valence-electron chi connectivity index (χ3n) is 16.6. The van der Waals surface area contributed by atoms with Crippen LogP contribution in [0.1, 0.15) is 26.4 Å². The van der Waals surface area contributed by atoms with Gasteiger partial charge in [0.2, 0.25) is 39.2 Å². The van der Waals surface area contributed by atoms with Gasteiger partial charge in [0.05, 0.1) is 110 Å². The molecule has 0 N–H and O–H groups in total. The summed E-state index contributed by atoms with van der Waals surface area (Å²) in [6.07, 6.45) is 19.9. The molecule has 5 aromatic carbocycles. The first-order valence-corrected chi connectivity index (χ1v) is 28.3. The molecular weight excluding hydrogens is 1070 g/mol.